The first-order valence-corrected chi connectivity index (χ1v) is 4.28. The van der Waals surface area contributed by atoms with E-state index in [1.54, 1.807) is 12.1 Å². The number of carbonyl (C=O) groups is 1. The first-order chi connectivity index (χ1) is 6.65. The second kappa shape index (κ2) is 4.42. The minimum atomic E-state index is -0.936. The fraction of sp³-hybridized carbons (Fsp3) is 0.0833. The van der Waals surface area contributed by atoms with Crippen LogP contribution in [0.2, 0.25) is 0 Å². The molecule has 0 aliphatic carbocycles. The summed E-state index contributed by atoms with van der Waals surface area (Å²) in [5.74, 6) is -0.936. The third kappa shape index (κ3) is 2.33. The molecule has 0 unspecified atom stereocenters. The Bertz CT molecular complexity index is 372. The molecule has 0 heterocycles. The van der Waals surface area contributed by atoms with E-state index >= 15 is 0 Å². The van der Waals surface area contributed by atoms with E-state index < -0.39 is 5.97 Å². The molecular weight excluding hydrogens is 176 g/mol. The average Bonchev–Trinajstić information content (AvgIpc) is 2.15. The molecule has 0 atom stereocenters. The van der Waals surface area contributed by atoms with Gasteiger partial charge in [-0.15, -0.1) is 0 Å². The Morgan fingerprint density at radius 2 is 1.93 bits per heavy atom. The predicted octanol–water partition coefficient (Wildman–Crippen LogP) is 2.65. The van der Waals surface area contributed by atoms with Crippen LogP contribution in [0.4, 0.5) is 0 Å². The molecule has 1 aromatic rings. The predicted molar refractivity (Wildman–Crippen MR) is 57.0 cm³/mol. The van der Waals surface area contributed by atoms with Crippen molar-refractivity contribution < 1.29 is 9.90 Å². The number of allylic oxidation sites excluding steroid dienone is 2. The number of aryl methyl sites for hydroxylation is 1. The van der Waals surface area contributed by atoms with E-state index in [1.165, 1.54) is 12.2 Å². The summed E-state index contributed by atoms with van der Waals surface area (Å²) in [6, 6.07) is 7.35. The summed E-state index contributed by atoms with van der Waals surface area (Å²) >= 11 is 0. The van der Waals surface area contributed by atoms with Crippen molar-refractivity contribution in [1.29, 1.82) is 0 Å². The smallest absolute Gasteiger partial charge is 0.336 e. The van der Waals surface area contributed by atoms with Gasteiger partial charge in [-0.05, 0) is 18.6 Å². The van der Waals surface area contributed by atoms with Crippen molar-refractivity contribution in [3.8, 4) is 0 Å². The highest BCUT2D eigenvalue weighted by molar-refractivity contribution is 6.15. The van der Waals surface area contributed by atoms with Crippen molar-refractivity contribution in [2.75, 3.05) is 0 Å². The summed E-state index contributed by atoms with van der Waals surface area (Å²) in [5.41, 5.74) is 2.07. The number of hydrogen-bond acceptors (Lipinski definition) is 1. The normalized spacial score (nSPS) is 11.1. The zero-order chi connectivity index (χ0) is 10.6. The molecule has 72 valence electrons. The van der Waals surface area contributed by atoms with Gasteiger partial charge in [-0.2, -0.15) is 0 Å². The highest BCUT2D eigenvalue weighted by Crippen LogP contribution is 2.15. The molecule has 0 amide bonds. The standard InChI is InChI=1S/C12H12O2/c1-3-4-11(12(13)14)10-7-5-9(2)6-8-10/h3-8H,1H2,2H3,(H,13,14)/b11-4+. The van der Waals surface area contributed by atoms with E-state index in [9.17, 15) is 4.79 Å². The second-order valence-electron chi connectivity index (χ2n) is 2.99. The molecule has 1 N–H and O–H groups in total. The van der Waals surface area contributed by atoms with Crippen LogP contribution in [-0.4, -0.2) is 11.1 Å². The van der Waals surface area contributed by atoms with Crippen LogP contribution in [0, 0.1) is 6.92 Å². The van der Waals surface area contributed by atoms with E-state index in [2.05, 4.69) is 6.58 Å². The van der Waals surface area contributed by atoms with Crippen molar-refractivity contribution in [3.05, 3.63) is 54.1 Å². The Hall–Kier alpha value is -1.83. The average molecular weight is 188 g/mol. The van der Waals surface area contributed by atoms with Gasteiger partial charge in [-0.1, -0.05) is 42.5 Å². The minimum absolute atomic E-state index is 0.264. The topological polar surface area (TPSA) is 37.3 Å². The molecule has 2 heteroatoms. The van der Waals surface area contributed by atoms with E-state index in [1.807, 2.05) is 19.1 Å². The Balaban J connectivity index is 3.12. The number of hydrogen-bond donors (Lipinski definition) is 1. The van der Waals surface area contributed by atoms with Crippen LogP contribution < -0.4 is 0 Å². The van der Waals surface area contributed by atoms with Crippen LogP contribution in [0.25, 0.3) is 5.57 Å². The summed E-state index contributed by atoms with van der Waals surface area (Å²) in [4.78, 5) is 10.9. The third-order valence-corrected chi connectivity index (χ3v) is 1.88. The van der Waals surface area contributed by atoms with Crippen LogP contribution in [-0.2, 0) is 4.79 Å². The van der Waals surface area contributed by atoms with Gasteiger partial charge in [-0.25, -0.2) is 4.79 Å². The van der Waals surface area contributed by atoms with E-state index in [4.69, 9.17) is 5.11 Å². The van der Waals surface area contributed by atoms with Crippen molar-refractivity contribution in [2.45, 2.75) is 6.92 Å². The van der Waals surface area contributed by atoms with Gasteiger partial charge in [0.25, 0.3) is 0 Å². The van der Waals surface area contributed by atoms with Gasteiger partial charge in [0.2, 0.25) is 0 Å². The van der Waals surface area contributed by atoms with Gasteiger partial charge >= 0.3 is 5.97 Å². The highest BCUT2D eigenvalue weighted by atomic mass is 16.4. The van der Waals surface area contributed by atoms with Crippen LogP contribution in [0.1, 0.15) is 11.1 Å². The number of rotatable bonds is 3. The largest absolute Gasteiger partial charge is 0.478 e. The van der Waals surface area contributed by atoms with Crippen LogP contribution >= 0.6 is 0 Å². The number of carboxylic acids is 1. The monoisotopic (exact) mass is 188 g/mol. The molecule has 0 aliphatic heterocycles. The molecule has 1 rings (SSSR count). The van der Waals surface area contributed by atoms with Crippen LogP contribution in [0.5, 0.6) is 0 Å². The molecule has 0 bridgehead atoms. The lowest BCUT2D eigenvalue weighted by Crippen LogP contribution is -1.99. The Labute approximate surface area is 83.2 Å². The SMILES string of the molecule is C=C/C=C(/C(=O)O)c1ccc(C)cc1. The van der Waals surface area contributed by atoms with Gasteiger partial charge in [-0.3, -0.25) is 0 Å². The molecule has 0 fully saturated rings. The maximum absolute atomic E-state index is 10.9. The molecule has 0 saturated carbocycles. The quantitative estimate of drug-likeness (QED) is 0.584. The first kappa shape index (κ1) is 10.3. The Kier molecular flexibility index (Phi) is 3.24. The third-order valence-electron chi connectivity index (χ3n) is 1.88. The van der Waals surface area contributed by atoms with E-state index in [0.29, 0.717) is 5.56 Å². The van der Waals surface area contributed by atoms with Crippen molar-refractivity contribution in [3.63, 3.8) is 0 Å². The van der Waals surface area contributed by atoms with E-state index in [0.717, 1.165) is 5.56 Å². The maximum atomic E-state index is 10.9. The molecule has 0 spiro atoms. The van der Waals surface area contributed by atoms with Gasteiger partial charge in [0, 0.05) is 0 Å². The van der Waals surface area contributed by atoms with Crippen LogP contribution in [0.3, 0.4) is 0 Å². The summed E-state index contributed by atoms with van der Waals surface area (Å²) in [5, 5.41) is 8.91. The van der Waals surface area contributed by atoms with Gasteiger partial charge in [0.1, 0.15) is 0 Å². The fourth-order valence-corrected chi connectivity index (χ4v) is 1.14. The molecule has 0 aromatic heterocycles. The second-order valence-corrected chi connectivity index (χ2v) is 2.99. The Morgan fingerprint density at radius 1 is 1.36 bits per heavy atom. The fourth-order valence-electron chi connectivity index (χ4n) is 1.14. The number of benzene rings is 1. The van der Waals surface area contributed by atoms with Crippen molar-refractivity contribution in [2.24, 2.45) is 0 Å². The zero-order valence-corrected chi connectivity index (χ0v) is 8.03. The Morgan fingerprint density at radius 3 is 2.36 bits per heavy atom. The molecule has 14 heavy (non-hydrogen) atoms. The summed E-state index contributed by atoms with van der Waals surface area (Å²) in [6.45, 7) is 5.45. The lowest BCUT2D eigenvalue weighted by Gasteiger charge is -2.01. The summed E-state index contributed by atoms with van der Waals surface area (Å²) in [6.07, 6.45) is 2.97. The first-order valence-electron chi connectivity index (χ1n) is 4.28. The van der Waals surface area contributed by atoms with Gasteiger partial charge < -0.3 is 5.11 Å². The minimum Gasteiger partial charge on any atom is -0.478 e. The maximum Gasteiger partial charge on any atom is 0.336 e. The van der Waals surface area contributed by atoms with E-state index in [-0.39, 0.29) is 5.57 Å². The molecule has 0 saturated heterocycles. The molecular formula is C12H12O2. The molecule has 0 radical (unpaired) electrons. The summed E-state index contributed by atoms with van der Waals surface area (Å²) in [7, 11) is 0. The molecule has 2 nitrogen and oxygen atoms in total. The van der Waals surface area contributed by atoms with Crippen LogP contribution in [0.15, 0.2) is 43.0 Å². The number of aliphatic carboxylic acids is 1. The lowest BCUT2D eigenvalue weighted by atomic mass is 10.0. The molecule has 1 aromatic carbocycles. The van der Waals surface area contributed by atoms with Crippen molar-refractivity contribution in [1.82, 2.24) is 0 Å². The molecule has 0 aliphatic rings. The lowest BCUT2D eigenvalue weighted by molar-refractivity contribution is -0.130. The van der Waals surface area contributed by atoms with Gasteiger partial charge in [0.15, 0.2) is 0 Å². The highest BCUT2D eigenvalue weighted by Gasteiger charge is 2.07. The van der Waals surface area contributed by atoms with Crippen molar-refractivity contribution >= 4 is 11.5 Å². The van der Waals surface area contributed by atoms with Gasteiger partial charge in [0.05, 0.1) is 5.57 Å². The number of carboxylic acid groups (broad SMARTS) is 1. The summed E-state index contributed by atoms with van der Waals surface area (Å²) < 4.78 is 0. The zero-order valence-electron chi connectivity index (χ0n) is 8.03.